The van der Waals surface area contributed by atoms with Crippen LogP contribution in [0.3, 0.4) is 0 Å². The molecule has 2 N–H and O–H groups in total. The van der Waals surface area contributed by atoms with Crippen molar-refractivity contribution in [3.05, 3.63) is 21.8 Å². The van der Waals surface area contributed by atoms with Gasteiger partial charge >= 0.3 is 0 Å². The summed E-state index contributed by atoms with van der Waals surface area (Å²) in [6, 6.07) is 5.57. The number of halogens is 2. The minimum absolute atomic E-state index is 0.239. The number of methoxy groups -OCH3 is 1. The summed E-state index contributed by atoms with van der Waals surface area (Å²) >= 11 is 7.69. The second kappa shape index (κ2) is 5.41. The van der Waals surface area contributed by atoms with Gasteiger partial charge < -0.3 is 10.5 Å². The van der Waals surface area contributed by atoms with E-state index in [0.29, 0.717) is 5.84 Å². The van der Waals surface area contributed by atoms with Gasteiger partial charge in [0, 0.05) is 0 Å². The van der Waals surface area contributed by atoms with Crippen LogP contribution in [0.4, 0.5) is 5.69 Å². The van der Waals surface area contributed by atoms with Crippen LogP contribution in [-0.4, -0.2) is 18.8 Å². The van der Waals surface area contributed by atoms with E-state index >= 15 is 0 Å². The van der Waals surface area contributed by atoms with Crippen molar-refractivity contribution in [2.24, 2.45) is 10.7 Å². The predicted octanol–water partition coefficient (Wildman–Crippen LogP) is 2.53. The Labute approximate surface area is 101 Å². The standard InChI is InChI=1S/C9H10ClIN2O/c1-14-8-3-2-6(4-7(8)11)13-9(12)5-10/h2-4H,5H2,1H3,(H2,12,13). The number of nitrogens with zero attached hydrogens (tertiary/aromatic N) is 1. The number of hydrogen-bond donors (Lipinski definition) is 1. The molecular formula is C9H10ClIN2O. The maximum absolute atomic E-state index is 5.52. The zero-order valence-electron chi connectivity index (χ0n) is 7.63. The Morgan fingerprint density at radius 3 is 2.86 bits per heavy atom. The summed E-state index contributed by atoms with van der Waals surface area (Å²) in [6.07, 6.45) is 0. The first-order valence-corrected chi connectivity index (χ1v) is 5.51. The molecule has 0 bridgehead atoms. The van der Waals surface area contributed by atoms with E-state index in [1.165, 1.54) is 0 Å². The lowest BCUT2D eigenvalue weighted by Gasteiger charge is -2.03. The van der Waals surface area contributed by atoms with Gasteiger partial charge in [-0.2, -0.15) is 0 Å². The summed E-state index contributed by atoms with van der Waals surface area (Å²) in [4.78, 5) is 4.12. The Hall–Kier alpha value is -0.490. The van der Waals surface area contributed by atoms with Gasteiger partial charge in [0.25, 0.3) is 0 Å². The molecule has 1 rings (SSSR count). The first kappa shape index (κ1) is 11.6. The van der Waals surface area contributed by atoms with Gasteiger partial charge in [0.2, 0.25) is 0 Å². The third-order valence-corrected chi connectivity index (χ3v) is 2.66. The number of rotatable bonds is 3. The van der Waals surface area contributed by atoms with E-state index in [1.807, 2.05) is 18.2 Å². The van der Waals surface area contributed by atoms with Crippen LogP contribution in [0.1, 0.15) is 0 Å². The number of benzene rings is 1. The van der Waals surface area contributed by atoms with Gasteiger partial charge in [-0.25, -0.2) is 4.99 Å². The van der Waals surface area contributed by atoms with Crippen molar-refractivity contribution in [2.45, 2.75) is 0 Å². The molecular weight excluding hydrogens is 314 g/mol. The molecule has 0 aromatic heterocycles. The van der Waals surface area contributed by atoms with Crippen LogP contribution >= 0.6 is 34.2 Å². The molecule has 0 spiro atoms. The Bertz CT molecular complexity index is 355. The molecule has 0 fully saturated rings. The number of aliphatic imine (C=N–C) groups is 1. The van der Waals surface area contributed by atoms with Gasteiger partial charge in [-0.1, -0.05) is 0 Å². The van der Waals surface area contributed by atoms with E-state index in [1.54, 1.807) is 7.11 Å². The molecule has 0 heterocycles. The van der Waals surface area contributed by atoms with E-state index in [-0.39, 0.29) is 5.88 Å². The molecule has 0 saturated carbocycles. The molecule has 1 aromatic carbocycles. The topological polar surface area (TPSA) is 47.6 Å². The molecule has 0 aliphatic heterocycles. The molecule has 0 saturated heterocycles. The fourth-order valence-corrected chi connectivity index (χ4v) is 1.70. The summed E-state index contributed by atoms with van der Waals surface area (Å²) in [6.45, 7) is 0. The van der Waals surface area contributed by atoms with Crippen molar-refractivity contribution in [3.8, 4) is 5.75 Å². The number of ether oxygens (including phenoxy) is 1. The van der Waals surface area contributed by atoms with Crippen LogP contribution < -0.4 is 10.5 Å². The average Bonchev–Trinajstić information content (AvgIpc) is 2.18. The molecule has 1 aromatic rings. The first-order chi connectivity index (χ1) is 6.67. The molecule has 3 nitrogen and oxygen atoms in total. The Morgan fingerprint density at radius 1 is 1.64 bits per heavy atom. The fourth-order valence-electron chi connectivity index (χ4n) is 0.921. The molecule has 5 heteroatoms. The zero-order valence-corrected chi connectivity index (χ0v) is 10.5. The Morgan fingerprint density at radius 2 is 2.36 bits per heavy atom. The summed E-state index contributed by atoms with van der Waals surface area (Å²) in [7, 11) is 1.63. The molecule has 0 radical (unpaired) electrons. The molecule has 0 amide bonds. The van der Waals surface area contributed by atoms with Gasteiger partial charge in [0.15, 0.2) is 0 Å². The monoisotopic (exact) mass is 324 g/mol. The zero-order chi connectivity index (χ0) is 10.6. The third-order valence-electron chi connectivity index (χ3n) is 1.54. The first-order valence-electron chi connectivity index (χ1n) is 3.90. The smallest absolute Gasteiger partial charge is 0.132 e. The SMILES string of the molecule is COc1ccc(N=C(N)CCl)cc1I. The second-order valence-corrected chi connectivity index (χ2v) is 3.99. The normalized spacial score (nSPS) is 11.5. The van der Waals surface area contributed by atoms with Gasteiger partial charge in [0.05, 0.1) is 22.2 Å². The molecule has 0 aliphatic carbocycles. The Balaban J connectivity index is 2.97. The Kier molecular flexibility index (Phi) is 4.47. The highest BCUT2D eigenvalue weighted by molar-refractivity contribution is 14.1. The molecule has 0 unspecified atom stereocenters. The van der Waals surface area contributed by atoms with Crippen LogP contribution in [0, 0.1) is 3.57 Å². The lowest BCUT2D eigenvalue weighted by molar-refractivity contribution is 0.412. The van der Waals surface area contributed by atoms with Gasteiger partial charge in [0.1, 0.15) is 11.6 Å². The predicted molar refractivity (Wildman–Crippen MR) is 67.7 cm³/mol. The van der Waals surface area contributed by atoms with Crippen molar-refractivity contribution in [3.63, 3.8) is 0 Å². The number of alkyl halides is 1. The fraction of sp³-hybridized carbons (Fsp3) is 0.222. The van der Waals surface area contributed by atoms with Gasteiger partial charge in [-0.3, -0.25) is 0 Å². The van der Waals surface area contributed by atoms with Crippen molar-refractivity contribution < 1.29 is 4.74 Å². The van der Waals surface area contributed by atoms with E-state index in [9.17, 15) is 0 Å². The van der Waals surface area contributed by atoms with Crippen LogP contribution in [0.15, 0.2) is 23.2 Å². The van der Waals surface area contributed by atoms with Crippen molar-refractivity contribution in [1.82, 2.24) is 0 Å². The highest BCUT2D eigenvalue weighted by atomic mass is 127. The number of amidine groups is 1. The van der Waals surface area contributed by atoms with E-state index in [4.69, 9.17) is 22.1 Å². The molecule has 14 heavy (non-hydrogen) atoms. The van der Waals surface area contributed by atoms with Crippen molar-refractivity contribution in [1.29, 1.82) is 0 Å². The van der Waals surface area contributed by atoms with Crippen molar-refractivity contribution in [2.75, 3.05) is 13.0 Å². The minimum Gasteiger partial charge on any atom is -0.496 e. The highest BCUT2D eigenvalue weighted by Crippen LogP contribution is 2.25. The third kappa shape index (κ3) is 3.02. The van der Waals surface area contributed by atoms with Crippen LogP contribution in [0.25, 0.3) is 0 Å². The quantitative estimate of drug-likeness (QED) is 0.402. The maximum Gasteiger partial charge on any atom is 0.132 e. The summed E-state index contributed by atoms with van der Waals surface area (Å²) in [5.74, 6) is 1.48. The molecule has 76 valence electrons. The van der Waals surface area contributed by atoms with Crippen LogP contribution in [-0.2, 0) is 0 Å². The lowest BCUT2D eigenvalue weighted by atomic mass is 10.3. The average molecular weight is 325 g/mol. The number of nitrogens with two attached hydrogens (primary N) is 1. The maximum atomic E-state index is 5.52. The molecule has 0 atom stereocenters. The summed E-state index contributed by atoms with van der Waals surface area (Å²) in [5.41, 5.74) is 6.30. The van der Waals surface area contributed by atoms with E-state index in [2.05, 4.69) is 27.6 Å². The van der Waals surface area contributed by atoms with E-state index < -0.39 is 0 Å². The largest absolute Gasteiger partial charge is 0.496 e. The molecule has 0 aliphatic rings. The number of hydrogen-bond acceptors (Lipinski definition) is 2. The van der Waals surface area contributed by atoms with Crippen molar-refractivity contribution >= 4 is 45.7 Å². The van der Waals surface area contributed by atoms with E-state index in [0.717, 1.165) is 15.0 Å². The second-order valence-electron chi connectivity index (χ2n) is 2.56. The van der Waals surface area contributed by atoms with Crippen LogP contribution in [0.5, 0.6) is 5.75 Å². The summed E-state index contributed by atoms with van der Waals surface area (Å²) in [5, 5.41) is 0. The lowest BCUT2D eigenvalue weighted by Crippen LogP contribution is -2.12. The minimum atomic E-state index is 0.239. The highest BCUT2D eigenvalue weighted by Gasteiger charge is 2.00. The van der Waals surface area contributed by atoms with Gasteiger partial charge in [-0.05, 0) is 40.8 Å². The summed E-state index contributed by atoms with van der Waals surface area (Å²) < 4.78 is 6.11. The van der Waals surface area contributed by atoms with Gasteiger partial charge in [-0.15, -0.1) is 11.6 Å². The van der Waals surface area contributed by atoms with Crippen LogP contribution in [0.2, 0.25) is 0 Å².